The second-order valence-electron chi connectivity index (χ2n) is 6.33. The third-order valence-corrected chi connectivity index (χ3v) is 4.91. The van der Waals surface area contributed by atoms with Gasteiger partial charge in [-0.1, -0.05) is 41.9 Å². The maximum absolute atomic E-state index is 5.97. The number of hydrogen-bond donors (Lipinski definition) is 1. The van der Waals surface area contributed by atoms with Crippen molar-refractivity contribution in [2.45, 2.75) is 25.3 Å². The fourth-order valence-corrected chi connectivity index (χ4v) is 3.33. The Bertz CT molecular complexity index is 799. The van der Waals surface area contributed by atoms with E-state index in [4.69, 9.17) is 20.8 Å². The van der Waals surface area contributed by atoms with Gasteiger partial charge in [0.15, 0.2) is 0 Å². The average Bonchev–Trinajstić information content (AvgIpc) is 3.20. The Hall–Kier alpha value is -2.23. The van der Waals surface area contributed by atoms with E-state index in [-0.39, 0.29) is 12.0 Å². The lowest BCUT2D eigenvalue weighted by Crippen LogP contribution is -2.22. The van der Waals surface area contributed by atoms with Crippen LogP contribution in [-0.2, 0) is 0 Å². The van der Waals surface area contributed by atoms with Crippen LogP contribution in [-0.4, -0.2) is 13.7 Å². The van der Waals surface area contributed by atoms with Crippen molar-refractivity contribution in [1.29, 1.82) is 0 Å². The molecule has 0 saturated heterocycles. The number of rotatable bonds is 8. The highest BCUT2D eigenvalue weighted by molar-refractivity contribution is 6.30. The normalized spacial score (nSPS) is 13.3. The first-order valence-corrected chi connectivity index (χ1v) is 9.22. The maximum Gasteiger partial charge on any atom is 0.122 e. The van der Waals surface area contributed by atoms with E-state index >= 15 is 0 Å². The number of furan rings is 1. The topological polar surface area (TPSA) is 34.4 Å². The zero-order valence-corrected chi connectivity index (χ0v) is 15.9. The van der Waals surface area contributed by atoms with Gasteiger partial charge in [0.05, 0.1) is 13.4 Å². The molecule has 0 unspecified atom stereocenters. The minimum absolute atomic E-state index is 0.145. The highest BCUT2D eigenvalue weighted by atomic mass is 35.5. The van der Waals surface area contributed by atoms with E-state index in [1.54, 1.807) is 13.4 Å². The quantitative estimate of drug-likeness (QED) is 0.543. The van der Waals surface area contributed by atoms with Gasteiger partial charge in [0.25, 0.3) is 0 Å². The van der Waals surface area contributed by atoms with Gasteiger partial charge in [-0.2, -0.15) is 0 Å². The molecule has 2 atom stereocenters. The largest absolute Gasteiger partial charge is 0.496 e. The minimum Gasteiger partial charge on any atom is -0.496 e. The molecule has 0 saturated carbocycles. The SMILES string of the molecule is COc1ccccc1[C@H](CCN[C@@H](C)c1ccc(Cl)cc1)c1ccco1. The number of nitrogens with one attached hydrogen (secondary N) is 1. The molecule has 0 fully saturated rings. The van der Waals surface area contributed by atoms with Gasteiger partial charge in [-0.3, -0.25) is 0 Å². The molecular formula is C22H24ClNO2. The summed E-state index contributed by atoms with van der Waals surface area (Å²) < 4.78 is 11.3. The van der Waals surface area contributed by atoms with Crippen LogP contribution < -0.4 is 10.1 Å². The average molecular weight is 370 g/mol. The Balaban J connectivity index is 1.70. The molecule has 0 bridgehead atoms. The van der Waals surface area contributed by atoms with Gasteiger partial charge in [0, 0.05) is 22.5 Å². The number of hydrogen-bond acceptors (Lipinski definition) is 3. The van der Waals surface area contributed by atoms with Crippen LogP contribution in [0.15, 0.2) is 71.3 Å². The molecule has 0 aliphatic carbocycles. The fourth-order valence-electron chi connectivity index (χ4n) is 3.21. The summed E-state index contributed by atoms with van der Waals surface area (Å²) >= 11 is 5.97. The Morgan fingerprint density at radius 1 is 1.04 bits per heavy atom. The first-order valence-electron chi connectivity index (χ1n) is 8.84. The lowest BCUT2D eigenvalue weighted by Gasteiger charge is -2.20. The number of methoxy groups -OCH3 is 1. The van der Waals surface area contributed by atoms with Crippen LogP contribution in [0.25, 0.3) is 0 Å². The van der Waals surface area contributed by atoms with Crippen molar-refractivity contribution >= 4 is 11.6 Å². The van der Waals surface area contributed by atoms with Gasteiger partial charge in [0.1, 0.15) is 11.5 Å². The summed E-state index contributed by atoms with van der Waals surface area (Å²) in [6.07, 6.45) is 2.63. The van der Waals surface area contributed by atoms with Gasteiger partial charge in [0.2, 0.25) is 0 Å². The molecule has 0 amide bonds. The molecule has 26 heavy (non-hydrogen) atoms. The lowest BCUT2D eigenvalue weighted by atomic mass is 9.92. The molecule has 1 heterocycles. The fraction of sp³-hybridized carbons (Fsp3) is 0.273. The monoisotopic (exact) mass is 369 g/mol. The van der Waals surface area contributed by atoms with Gasteiger partial charge >= 0.3 is 0 Å². The second-order valence-corrected chi connectivity index (χ2v) is 6.76. The molecule has 1 aromatic heterocycles. The van der Waals surface area contributed by atoms with Crippen LogP contribution >= 0.6 is 11.6 Å². The number of halogens is 1. The maximum atomic E-state index is 5.97. The highest BCUT2D eigenvalue weighted by Crippen LogP contribution is 2.34. The zero-order chi connectivity index (χ0) is 18.4. The Morgan fingerprint density at radius 2 is 1.81 bits per heavy atom. The molecule has 0 radical (unpaired) electrons. The summed E-state index contributed by atoms with van der Waals surface area (Å²) in [6.45, 7) is 3.02. The molecule has 2 aromatic carbocycles. The molecule has 1 N–H and O–H groups in total. The van der Waals surface area contributed by atoms with Crippen molar-refractivity contribution in [1.82, 2.24) is 5.32 Å². The van der Waals surface area contributed by atoms with E-state index in [1.165, 1.54) is 5.56 Å². The van der Waals surface area contributed by atoms with E-state index in [2.05, 4.69) is 30.4 Å². The molecule has 3 aromatic rings. The minimum atomic E-state index is 0.145. The highest BCUT2D eigenvalue weighted by Gasteiger charge is 2.20. The third kappa shape index (κ3) is 4.48. The predicted octanol–water partition coefficient (Wildman–Crippen LogP) is 5.81. The van der Waals surface area contributed by atoms with Crippen LogP contribution in [0.2, 0.25) is 5.02 Å². The van der Waals surface area contributed by atoms with Crippen molar-refractivity contribution in [2.24, 2.45) is 0 Å². The first-order chi connectivity index (χ1) is 12.7. The molecule has 0 aliphatic rings. The van der Waals surface area contributed by atoms with Crippen molar-refractivity contribution < 1.29 is 9.15 Å². The van der Waals surface area contributed by atoms with Crippen LogP contribution in [0.4, 0.5) is 0 Å². The number of ether oxygens (including phenoxy) is 1. The summed E-state index contributed by atoms with van der Waals surface area (Å²) in [6, 6.07) is 20.3. The van der Waals surface area contributed by atoms with Crippen LogP contribution in [0.5, 0.6) is 5.75 Å². The van der Waals surface area contributed by atoms with Gasteiger partial charge in [-0.05, 0) is 55.8 Å². The van der Waals surface area contributed by atoms with E-state index in [1.807, 2.05) is 42.5 Å². The van der Waals surface area contributed by atoms with Crippen LogP contribution in [0.1, 0.15) is 42.2 Å². The van der Waals surface area contributed by atoms with Crippen molar-refractivity contribution in [2.75, 3.05) is 13.7 Å². The van der Waals surface area contributed by atoms with Crippen LogP contribution in [0.3, 0.4) is 0 Å². The van der Waals surface area contributed by atoms with Crippen molar-refractivity contribution in [3.8, 4) is 5.75 Å². The van der Waals surface area contributed by atoms with Gasteiger partial charge < -0.3 is 14.5 Å². The Morgan fingerprint density at radius 3 is 2.50 bits per heavy atom. The summed E-state index contributed by atoms with van der Waals surface area (Å²) in [4.78, 5) is 0. The van der Waals surface area contributed by atoms with Gasteiger partial charge in [-0.15, -0.1) is 0 Å². The summed E-state index contributed by atoms with van der Waals surface area (Å²) in [5.41, 5.74) is 2.37. The van der Waals surface area contributed by atoms with E-state index in [0.717, 1.165) is 35.1 Å². The smallest absolute Gasteiger partial charge is 0.122 e. The second kappa shape index (κ2) is 8.93. The first kappa shape index (κ1) is 18.6. The molecule has 3 rings (SSSR count). The van der Waals surface area contributed by atoms with Crippen molar-refractivity contribution in [3.05, 3.63) is 88.8 Å². The molecule has 0 spiro atoms. The molecule has 136 valence electrons. The van der Waals surface area contributed by atoms with E-state index < -0.39 is 0 Å². The van der Waals surface area contributed by atoms with Gasteiger partial charge in [-0.25, -0.2) is 0 Å². The third-order valence-electron chi connectivity index (χ3n) is 4.65. The number of para-hydroxylation sites is 1. The molecule has 4 heteroatoms. The summed E-state index contributed by atoms with van der Waals surface area (Å²) in [5, 5.41) is 4.35. The van der Waals surface area contributed by atoms with E-state index in [0.29, 0.717) is 0 Å². The molecule has 0 aliphatic heterocycles. The number of benzene rings is 2. The Labute approximate surface area is 159 Å². The zero-order valence-electron chi connectivity index (χ0n) is 15.1. The summed E-state index contributed by atoms with van der Waals surface area (Å²) in [5.74, 6) is 1.99. The predicted molar refractivity (Wildman–Crippen MR) is 106 cm³/mol. The molecular weight excluding hydrogens is 346 g/mol. The summed E-state index contributed by atoms with van der Waals surface area (Å²) in [7, 11) is 1.71. The molecule has 3 nitrogen and oxygen atoms in total. The lowest BCUT2D eigenvalue weighted by molar-refractivity contribution is 0.397. The van der Waals surface area contributed by atoms with E-state index in [9.17, 15) is 0 Å². The van der Waals surface area contributed by atoms with Crippen molar-refractivity contribution in [3.63, 3.8) is 0 Å². The van der Waals surface area contributed by atoms with Crippen LogP contribution in [0, 0.1) is 0 Å². The standard InChI is InChI=1S/C22H24ClNO2/c1-16(17-9-11-18(23)12-10-17)24-14-13-20(22-8-5-15-26-22)19-6-3-4-7-21(19)25-2/h3-12,15-16,20,24H,13-14H2,1-2H3/t16-,20-/m0/s1. The Kier molecular flexibility index (Phi) is 6.37.